The average molecular weight is 489 g/mol. The van der Waals surface area contributed by atoms with Crippen molar-refractivity contribution in [1.29, 1.82) is 0 Å². The maximum atomic E-state index is 11.4. The van der Waals surface area contributed by atoms with E-state index in [4.69, 9.17) is 9.16 Å². The van der Waals surface area contributed by atoms with E-state index in [1.807, 2.05) is 18.2 Å². The number of aliphatic hydroxyl groups excluding tert-OH is 1. The SMILES string of the molecule is CC(C)(C)[Si](C)(C)OCC[C@]12C[C@H](O)[C@](C)(O1)c1c2c(O)n(-c2ccc3ncsc3c2)c1O. The average Bonchev–Trinajstić information content (AvgIpc) is 3.40. The van der Waals surface area contributed by atoms with Crippen LogP contribution in [-0.2, 0) is 20.4 Å². The Morgan fingerprint density at radius 3 is 2.64 bits per heavy atom. The molecular formula is C24H32N2O5SSi. The lowest BCUT2D eigenvalue weighted by Crippen LogP contribution is -2.42. The van der Waals surface area contributed by atoms with Gasteiger partial charge in [0.25, 0.3) is 0 Å². The van der Waals surface area contributed by atoms with Crippen molar-refractivity contribution in [1.82, 2.24) is 9.55 Å². The van der Waals surface area contributed by atoms with Gasteiger partial charge < -0.3 is 24.5 Å². The second-order valence-electron chi connectivity index (χ2n) is 11.0. The first-order valence-corrected chi connectivity index (χ1v) is 15.1. The third-order valence-electron chi connectivity index (χ3n) is 7.99. The smallest absolute Gasteiger partial charge is 0.205 e. The molecular weight excluding hydrogens is 456 g/mol. The van der Waals surface area contributed by atoms with Crippen LogP contribution in [-0.4, -0.2) is 45.9 Å². The maximum Gasteiger partial charge on any atom is 0.205 e. The molecule has 0 saturated carbocycles. The van der Waals surface area contributed by atoms with Crippen LogP contribution >= 0.6 is 11.3 Å². The van der Waals surface area contributed by atoms with Crippen LogP contribution in [0.25, 0.3) is 15.9 Å². The molecule has 0 radical (unpaired) electrons. The van der Waals surface area contributed by atoms with Gasteiger partial charge in [-0.3, -0.25) is 4.57 Å². The topological polar surface area (TPSA) is 97.0 Å². The summed E-state index contributed by atoms with van der Waals surface area (Å²) < 4.78 is 15.2. The van der Waals surface area contributed by atoms with Gasteiger partial charge in [0.2, 0.25) is 11.8 Å². The summed E-state index contributed by atoms with van der Waals surface area (Å²) in [5, 5.41) is 33.6. The van der Waals surface area contributed by atoms with Gasteiger partial charge in [0.15, 0.2) is 8.32 Å². The third kappa shape index (κ3) is 3.13. The van der Waals surface area contributed by atoms with Crippen LogP contribution in [0.15, 0.2) is 23.7 Å². The quantitative estimate of drug-likeness (QED) is 0.432. The molecule has 0 unspecified atom stereocenters. The minimum atomic E-state index is -1.97. The lowest BCUT2D eigenvalue weighted by molar-refractivity contribution is -0.107. The second kappa shape index (κ2) is 7.05. The highest BCUT2D eigenvalue weighted by atomic mass is 32.1. The summed E-state index contributed by atoms with van der Waals surface area (Å²) in [6.45, 7) is 13.2. The number of rotatable bonds is 5. The van der Waals surface area contributed by atoms with Gasteiger partial charge in [-0.05, 0) is 43.3 Å². The van der Waals surface area contributed by atoms with Crippen molar-refractivity contribution in [3.63, 3.8) is 0 Å². The van der Waals surface area contributed by atoms with Crippen LogP contribution in [0.5, 0.6) is 11.8 Å². The Kier molecular flexibility index (Phi) is 4.88. The summed E-state index contributed by atoms with van der Waals surface area (Å²) in [6.07, 6.45) is 0.0507. The second-order valence-corrected chi connectivity index (χ2v) is 16.7. The molecule has 9 heteroatoms. The molecule has 4 heterocycles. The van der Waals surface area contributed by atoms with Crippen molar-refractivity contribution < 1.29 is 24.5 Å². The number of aromatic hydroxyl groups is 2. The standard InChI is InChI=1S/C24H32N2O5SSi/c1-22(2,3)33(5,6)30-10-9-24-12-17(27)23(4,31-24)18-19(24)21(29)26(20(18)28)14-7-8-15-16(11-14)32-13-25-15/h7-8,11,13,17,27-29H,9-10,12H2,1-6H3/t17-,23-,24+/m0/s1. The van der Waals surface area contributed by atoms with Gasteiger partial charge in [-0.2, -0.15) is 0 Å². The largest absolute Gasteiger partial charge is 0.494 e. The zero-order valence-corrected chi connectivity index (χ0v) is 21.8. The summed E-state index contributed by atoms with van der Waals surface area (Å²) in [7, 11) is -1.97. The lowest BCUT2D eigenvalue weighted by atomic mass is 9.76. The van der Waals surface area contributed by atoms with E-state index in [-0.39, 0.29) is 16.8 Å². The van der Waals surface area contributed by atoms with E-state index in [2.05, 4.69) is 38.8 Å². The number of aliphatic hydroxyl groups is 1. The molecule has 2 aliphatic rings. The van der Waals surface area contributed by atoms with Gasteiger partial charge >= 0.3 is 0 Å². The van der Waals surface area contributed by atoms with Crippen LogP contribution in [0.2, 0.25) is 18.1 Å². The van der Waals surface area contributed by atoms with Gasteiger partial charge in [-0.1, -0.05) is 20.8 Å². The Morgan fingerprint density at radius 2 is 1.94 bits per heavy atom. The number of fused-ring (bicyclic) bond motifs is 6. The van der Waals surface area contributed by atoms with Crippen molar-refractivity contribution in [3.8, 4) is 17.4 Å². The normalized spacial score (nSPS) is 26.9. The fourth-order valence-electron chi connectivity index (χ4n) is 5.04. The van der Waals surface area contributed by atoms with Crippen molar-refractivity contribution >= 4 is 29.9 Å². The van der Waals surface area contributed by atoms with Crippen molar-refractivity contribution in [2.45, 2.75) is 76.0 Å². The van der Waals surface area contributed by atoms with Gasteiger partial charge in [-0.25, -0.2) is 4.98 Å². The summed E-state index contributed by atoms with van der Waals surface area (Å²) in [6, 6.07) is 5.59. The Labute approximate surface area is 198 Å². The molecule has 2 bridgehead atoms. The first-order chi connectivity index (χ1) is 15.3. The predicted octanol–water partition coefficient (Wildman–Crippen LogP) is 5.12. The van der Waals surface area contributed by atoms with Crippen molar-refractivity contribution in [3.05, 3.63) is 34.8 Å². The number of thiazole rings is 1. The summed E-state index contributed by atoms with van der Waals surface area (Å²) in [4.78, 5) is 4.31. The molecule has 1 fully saturated rings. The fourth-order valence-corrected chi connectivity index (χ4v) is 6.79. The van der Waals surface area contributed by atoms with E-state index in [1.165, 1.54) is 15.9 Å². The van der Waals surface area contributed by atoms with Crippen molar-refractivity contribution in [2.75, 3.05) is 6.61 Å². The number of ether oxygens (including phenoxy) is 1. The monoisotopic (exact) mass is 488 g/mol. The molecule has 178 valence electrons. The van der Waals surface area contributed by atoms with Crippen LogP contribution < -0.4 is 0 Å². The highest BCUT2D eigenvalue weighted by Crippen LogP contribution is 2.65. The molecule has 0 amide bonds. The summed E-state index contributed by atoms with van der Waals surface area (Å²) in [5.74, 6) is -0.144. The molecule has 5 rings (SSSR count). The Bertz CT molecular complexity index is 1250. The molecule has 7 nitrogen and oxygen atoms in total. The first kappa shape index (κ1) is 22.9. The number of hydrogen-bond acceptors (Lipinski definition) is 7. The minimum absolute atomic E-state index is 0.0469. The number of benzene rings is 1. The van der Waals surface area contributed by atoms with E-state index in [9.17, 15) is 15.3 Å². The lowest BCUT2D eigenvalue weighted by Gasteiger charge is -2.37. The predicted molar refractivity (Wildman–Crippen MR) is 131 cm³/mol. The third-order valence-corrected chi connectivity index (χ3v) is 13.3. The first-order valence-electron chi connectivity index (χ1n) is 11.3. The Hall–Kier alpha value is -1.91. The Morgan fingerprint density at radius 1 is 1.24 bits per heavy atom. The van der Waals surface area contributed by atoms with Crippen LogP contribution in [0.1, 0.15) is 51.7 Å². The molecule has 3 aromatic rings. The molecule has 2 aliphatic heterocycles. The van der Waals surface area contributed by atoms with Gasteiger partial charge in [0.05, 0.1) is 38.6 Å². The molecule has 1 saturated heterocycles. The van der Waals surface area contributed by atoms with Crippen LogP contribution in [0, 0.1) is 0 Å². The molecule has 33 heavy (non-hydrogen) atoms. The number of aromatic nitrogens is 2. The minimum Gasteiger partial charge on any atom is -0.494 e. The van der Waals surface area contributed by atoms with Gasteiger partial charge in [-0.15, -0.1) is 11.3 Å². The van der Waals surface area contributed by atoms with E-state index in [1.54, 1.807) is 12.4 Å². The molecule has 2 aromatic heterocycles. The molecule has 1 aromatic carbocycles. The van der Waals surface area contributed by atoms with E-state index < -0.39 is 25.6 Å². The zero-order chi connectivity index (χ0) is 24.0. The van der Waals surface area contributed by atoms with Crippen LogP contribution in [0.4, 0.5) is 0 Å². The summed E-state index contributed by atoms with van der Waals surface area (Å²) >= 11 is 1.50. The highest BCUT2D eigenvalue weighted by molar-refractivity contribution is 7.16. The molecule has 3 atom stereocenters. The molecule has 3 N–H and O–H groups in total. The number of hydrogen-bond donors (Lipinski definition) is 3. The Balaban J connectivity index is 1.56. The maximum absolute atomic E-state index is 11.4. The fraction of sp³-hybridized carbons (Fsp3) is 0.542. The van der Waals surface area contributed by atoms with Crippen molar-refractivity contribution in [2.24, 2.45) is 0 Å². The zero-order valence-electron chi connectivity index (χ0n) is 20.0. The molecule has 0 aliphatic carbocycles. The number of nitrogens with zero attached hydrogens (tertiary/aromatic N) is 2. The van der Waals surface area contributed by atoms with Crippen LogP contribution in [0.3, 0.4) is 0 Å². The van der Waals surface area contributed by atoms with Gasteiger partial charge in [0.1, 0.15) is 11.2 Å². The summed E-state index contributed by atoms with van der Waals surface area (Å²) in [5.41, 5.74) is 2.31. The van der Waals surface area contributed by atoms with E-state index >= 15 is 0 Å². The molecule has 0 spiro atoms. The van der Waals surface area contributed by atoms with Gasteiger partial charge in [0, 0.05) is 19.4 Å². The van der Waals surface area contributed by atoms with E-state index in [0.717, 1.165) is 10.2 Å². The highest BCUT2D eigenvalue weighted by Gasteiger charge is 2.66. The van der Waals surface area contributed by atoms with E-state index in [0.29, 0.717) is 36.3 Å².